The first-order valence-corrected chi connectivity index (χ1v) is 8.45. The Labute approximate surface area is 156 Å². The fourth-order valence-electron chi connectivity index (χ4n) is 1.94. The van der Waals surface area contributed by atoms with E-state index in [1.807, 2.05) is 6.92 Å². The number of ether oxygens (including phenoxy) is 2. The molecular weight excluding hydrogens is 408 g/mol. The number of hydrogen-bond acceptors (Lipinski definition) is 4. The Morgan fingerprint density at radius 2 is 1.46 bits per heavy atom. The molecule has 0 radical (unpaired) electrons. The molecule has 0 bridgehead atoms. The molecule has 1 atom stereocenters. The third kappa shape index (κ3) is 7.42. The molecule has 0 aliphatic heterocycles. The van der Waals surface area contributed by atoms with Gasteiger partial charge < -0.3 is 9.47 Å². The second kappa shape index (κ2) is 10.8. The molecule has 0 aliphatic rings. The van der Waals surface area contributed by atoms with Gasteiger partial charge in [0.25, 0.3) is 0 Å². The highest BCUT2D eigenvalue weighted by molar-refractivity contribution is 5.77. The molecule has 0 rings (SSSR count). The number of halogens is 8. The molecule has 0 fully saturated rings. The number of alkyl halides is 8. The molecule has 0 aromatic heterocycles. The predicted octanol–water partition coefficient (Wildman–Crippen LogP) is 4.99. The van der Waals surface area contributed by atoms with Gasteiger partial charge in [0, 0.05) is 0 Å². The van der Waals surface area contributed by atoms with Crippen LogP contribution in [-0.2, 0) is 19.1 Å². The van der Waals surface area contributed by atoms with Crippen LogP contribution in [0.5, 0.6) is 0 Å². The van der Waals surface area contributed by atoms with Crippen LogP contribution in [0.2, 0.25) is 0 Å². The number of hydrogen-bond donors (Lipinski definition) is 0. The Kier molecular flexibility index (Phi) is 10.2. The van der Waals surface area contributed by atoms with Crippen molar-refractivity contribution in [2.75, 3.05) is 6.61 Å². The predicted molar refractivity (Wildman–Crippen MR) is 80.7 cm³/mol. The van der Waals surface area contributed by atoms with E-state index in [0.29, 0.717) is 6.42 Å². The summed E-state index contributed by atoms with van der Waals surface area (Å²) in [6.07, 6.45) is -3.77. The number of carbonyl (C=O) groups is 2. The lowest BCUT2D eigenvalue weighted by Crippen LogP contribution is -2.59. The van der Waals surface area contributed by atoms with E-state index >= 15 is 0 Å². The molecule has 1 unspecified atom stereocenters. The van der Waals surface area contributed by atoms with E-state index in [2.05, 4.69) is 4.74 Å². The van der Waals surface area contributed by atoms with E-state index in [9.17, 15) is 44.7 Å². The summed E-state index contributed by atoms with van der Waals surface area (Å²) in [6, 6.07) is 0. The van der Waals surface area contributed by atoms with Crippen molar-refractivity contribution in [2.24, 2.45) is 0 Å². The van der Waals surface area contributed by atoms with Gasteiger partial charge in [-0.3, -0.25) is 9.59 Å². The van der Waals surface area contributed by atoms with Crippen molar-refractivity contribution in [3.05, 3.63) is 0 Å². The quantitative estimate of drug-likeness (QED) is 0.235. The number of esters is 2. The van der Waals surface area contributed by atoms with Crippen LogP contribution in [0.25, 0.3) is 0 Å². The molecule has 12 heteroatoms. The zero-order valence-corrected chi connectivity index (χ0v) is 15.3. The summed E-state index contributed by atoms with van der Waals surface area (Å²) >= 11 is 0. The van der Waals surface area contributed by atoms with E-state index in [4.69, 9.17) is 4.74 Å². The lowest BCUT2D eigenvalue weighted by molar-refractivity contribution is -0.344. The topological polar surface area (TPSA) is 52.6 Å². The van der Waals surface area contributed by atoms with Crippen molar-refractivity contribution in [1.82, 2.24) is 0 Å². The Morgan fingerprint density at radius 1 is 0.929 bits per heavy atom. The first kappa shape index (κ1) is 26.4. The minimum Gasteiger partial charge on any atom is -0.463 e. The summed E-state index contributed by atoms with van der Waals surface area (Å²) in [5.41, 5.74) is 0. The van der Waals surface area contributed by atoms with E-state index in [0.717, 1.165) is 19.3 Å². The van der Waals surface area contributed by atoms with Crippen molar-refractivity contribution in [2.45, 2.75) is 82.7 Å². The van der Waals surface area contributed by atoms with Crippen LogP contribution in [0, 0.1) is 0 Å². The summed E-state index contributed by atoms with van der Waals surface area (Å²) in [5, 5.41) is 0. The number of unbranched alkanes of at least 4 members (excludes halogenated alkanes) is 2. The van der Waals surface area contributed by atoms with E-state index in [1.54, 1.807) is 6.92 Å². The number of carbonyl (C=O) groups excluding carboxylic acids is 2. The molecule has 166 valence electrons. The molecule has 0 heterocycles. The highest BCUT2D eigenvalue weighted by atomic mass is 19.4. The standard InChI is InChI=1S/C16H22F8O4/c1-3-4-5-6-10(2)28-12(26)8-7-11(25)27-9-14(19,20)16(23,24)15(21,22)13(17)18/h10,13H,3-9H2,1-2H3. The summed E-state index contributed by atoms with van der Waals surface area (Å²) in [4.78, 5) is 22.7. The first-order valence-electron chi connectivity index (χ1n) is 8.45. The minimum atomic E-state index is -6.46. The Balaban J connectivity index is 4.48. The SMILES string of the molecule is CCCCCC(C)OC(=O)CCC(=O)OCC(F)(F)C(F)(F)C(F)(F)C(F)F. The van der Waals surface area contributed by atoms with Crippen molar-refractivity contribution < 1.29 is 54.2 Å². The minimum absolute atomic E-state index is 0.463. The fourth-order valence-corrected chi connectivity index (χ4v) is 1.94. The van der Waals surface area contributed by atoms with Crippen molar-refractivity contribution in [1.29, 1.82) is 0 Å². The van der Waals surface area contributed by atoms with Gasteiger partial charge in [0.15, 0.2) is 6.61 Å². The van der Waals surface area contributed by atoms with Gasteiger partial charge >= 0.3 is 36.1 Å². The molecule has 0 saturated heterocycles. The average molecular weight is 430 g/mol. The van der Waals surface area contributed by atoms with Gasteiger partial charge in [0.05, 0.1) is 18.9 Å². The molecule has 0 aliphatic carbocycles. The van der Waals surface area contributed by atoms with Crippen LogP contribution in [0.4, 0.5) is 35.1 Å². The lowest BCUT2D eigenvalue weighted by atomic mass is 10.1. The van der Waals surface area contributed by atoms with Crippen LogP contribution in [-0.4, -0.2) is 48.8 Å². The maximum atomic E-state index is 13.2. The van der Waals surface area contributed by atoms with Crippen molar-refractivity contribution >= 4 is 11.9 Å². The summed E-state index contributed by atoms with van der Waals surface area (Å²) in [6.45, 7) is 1.01. The second-order valence-electron chi connectivity index (χ2n) is 6.16. The molecular formula is C16H22F8O4. The normalized spacial score (nSPS) is 14.1. The van der Waals surface area contributed by atoms with Crippen LogP contribution in [0.15, 0.2) is 0 Å². The van der Waals surface area contributed by atoms with Gasteiger partial charge in [-0.1, -0.05) is 19.8 Å². The molecule has 0 N–H and O–H groups in total. The molecule has 0 amide bonds. The van der Waals surface area contributed by atoms with Crippen LogP contribution < -0.4 is 0 Å². The third-order valence-corrected chi connectivity index (χ3v) is 3.65. The van der Waals surface area contributed by atoms with Gasteiger partial charge in [0.2, 0.25) is 0 Å². The smallest absolute Gasteiger partial charge is 0.381 e. The van der Waals surface area contributed by atoms with Crippen LogP contribution in [0.1, 0.15) is 52.4 Å². The molecule has 28 heavy (non-hydrogen) atoms. The molecule has 0 aromatic rings. The monoisotopic (exact) mass is 430 g/mol. The second-order valence-corrected chi connectivity index (χ2v) is 6.16. The van der Waals surface area contributed by atoms with Crippen molar-refractivity contribution in [3.8, 4) is 0 Å². The lowest BCUT2D eigenvalue weighted by Gasteiger charge is -2.31. The maximum absolute atomic E-state index is 13.2. The Bertz CT molecular complexity index is 511. The van der Waals surface area contributed by atoms with Crippen LogP contribution in [0.3, 0.4) is 0 Å². The average Bonchev–Trinajstić information content (AvgIpc) is 2.57. The summed E-state index contributed by atoms with van der Waals surface area (Å²) in [7, 11) is 0. The van der Waals surface area contributed by atoms with Gasteiger partial charge in [0.1, 0.15) is 0 Å². The number of rotatable bonds is 13. The first-order chi connectivity index (χ1) is 12.7. The van der Waals surface area contributed by atoms with E-state index in [-0.39, 0.29) is 0 Å². The third-order valence-electron chi connectivity index (χ3n) is 3.65. The fraction of sp³-hybridized carbons (Fsp3) is 0.875. The highest BCUT2D eigenvalue weighted by Gasteiger charge is 2.75. The Morgan fingerprint density at radius 3 is 1.96 bits per heavy atom. The molecule has 0 aromatic carbocycles. The molecule has 0 spiro atoms. The molecule has 0 saturated carbocycles. The van der Waals surface area contributed by atoms with E-state index < -0.39 is 61.7 Å². The van der Waals surface area contributed by atoms with Crippen LogP contribution >= 0.6 is 0 Å². The molecule has 4 nitrogen and oxygen atoms in total. The van der Waals surface area contributed by atoms with Gasteiger partial charge in [-0.2, -0.15) is 26.3 Å². The zero-order valence-electron chi connectivity index (χ0n) is 15.3. The van der Waals surface area contributed by atoms with Gasteiger partial charge in [-0.05, 0) is 19.8 Å². The Hall–Kier alpha value is -1.62. The highest BCUT2D eigenvalue weighted by Crippen LogP contribution is 2.48. The van der Waals surface area contributed by atoms with E-state index in [1.165, 1.54) is 0 Å². The van der Waals surface area contributed by atoms with Crippen molar-refractivity contribution in [3.63, 3.8) is 0 Å². The van der Waals surface area contributed by atoms with Gasteiger partial charge in [-0.15, -0.1) is 0 Å². The maximum Gasteiger partial charge on any atom is 0.381 e. The summed E-state index contributed by atoms with van der Waals surface area (Å²) < 4.78 is 110. The van der Waals surface area contributed by atoms with Gasteiger partial charge in [-0.25, -0.2) is 8.78 Å². The summed E-state index contributed by atoms with van der Waals surface area (Å²) in [5.74, 6) is -21.0. The largest absolute Gasteiger partial charge is 0.463 e. The zero-order chi connectivity index (χ0) is 22.2.